The third-order valence-corrected chi connectivity index (χ3v) is 2.85. The van der Waals surface area contributed by atoms with Crippen molar-refractivity contribution >= 4 is 0 Å². The number of aliphatic hydroxyl groups is 1. The molecule has 0 saturated carbocycles. The van der Waals surface area contributed by atoms with Gasteiger partial charge in [-0.15, -0.1) is 0 Å². The molecule has 1 aromatic rings. The van der Waals surface area contributed by atoms with E-state index in [0.717, 1.165) is 24.5 Å². The van der Waals surface area contributed by atoms with Gasteiger partial charge in [0.2, 0.25) is 0 Å². The lowest BCUT2D eigenvalue weighted by Gasteiger charge is -2.19. The van der Waals surface area contributed by atoms with Gasteiger partial charge in [-0.25, -0.2) is 0 Å². The van der Waals surface area contributed by atoms with Crippen molar-refractivity contribution < 1.29 is 14.6 Å². The van der Waals surface area contributed by atoms with Gasteiger partial charge in [0.25, 0.3) is 0 Å². The first-order chi connectivity index (χ1) is 8.79. The van der Waals surface area contributed by atoms with Gasteiger partial charge in [-0.05, 0) is 30.7 Å². The van der Waals surface area contributed by atoms with Crippen LogP contribution < -0.4 is 20.5 Å². The molecule has 5 nitrogen and oxygen atoms in total. The van der Waals surface area contributed by atoms with Gasteiger partial charge >= 0.3 is 0 Å². The number of rotatable bonds is 6. The van der Waals surface area contributed by atoms with E-state index in [1.165, 1.54) is 5.56 Å². The lowest BCUT2D eigenvalue weighted by Crippen LogP contribution is -2.33. The fourth-order valence-corrected chi connectivity index (χ4v) is 1.83. The van der Waals surface area contributed by atoms with E-state index in [0.29, 0.717) is 19.8 Å². The number of fused-ring (bicyclic) bond motifs is 1. The molecule has 0 aliphatic carbocycles. The Balaban J connectivity index is 1.79. The minimum atomic E-state index is -0.467. The second kappa shape index (κ2) is 6.58. The van der Waals surface area contributed by atoms with Gasteiger partial charge in [0.1, 0.15) is 13.2 Å². The maximum Gasteiger partial charge on any atom is 0.161 e. The van der Waals surface area contributed by atoms with Crippen LogP contribution in [0.15, 0.2) is 18.2 Å². The van der Waals surface area contributed by atoms with Crippen LogP contribution in [0.1, 0.15) is 5.56 Å². The molecule has 0 radical (unpaired) electrons. The molecule has 2 rings (SSSR count). The monoisotopic (exact) mass is 252 g/mol. The van der Waals surface area contributed by atoms with E-state index < -0.39 is 6.10 Å². The fraction of sp³-hybridized carbons (Fsp3) is 0.538. The molecule has 0 amide bonds. The average molecular weight is 252 g/mol. The van der Waals surface area contributed by atoms with Crippen LogP contribution in [0.3, 0.4) is 0 Å². The van der Waals surface area contributed by atoms with Crippen LogP contribution in [-0.4, -0.2) is 44.1 Å². The summed E-state index contributed by atoms with van der Waals surface area (Å²) < 4.78 is 11.0. The van der Waals surface area contributed by atoms with Crippen LogP contribution in [0.5, 0.6) is 11.5 Å². The minimum Gasteiger partial charge on any atom is -0.486 e. The summed E-state index contributed by atoms with van der Waals surface area (Å²) in [5, 5.41) is 12.5. The summed E-state index contributed by atoms with van der Waals surface area (Å²) >= 11 is 0. The molecule has 1 aliphatic heterocycles. The number of hydrogen-bond donors (Lipinski definition) is 3. The highest BCUT2D eigenvalue weighted by molar-refractivity contribution is 5.43. The number of nitrogens with one attached hydrogen (secondary N) is 1. The third kappa shape index (κ3) is 3.60. The molecule has 100 valence electrons. The first kappa shape index (κ1) is 13.1. The van der Waals surface area contributed by atoms with Crippen LogP contribution in [-0.2, 0) is 6.42 Å². The van der Waals surface area contributed by atoms with E-state index in [-0.39, 0.29) is 6.54 Å². The van der Waals surface area contributed by atoms with Crippen molar-refractivity contribution in [2.75, 3.05) is 32.8 Å². The van der Waals surface area contributed by atoms with Crippen molar-refractivity contribution in [3.63, 3.8) is 0 Å². The lowest BCUT2D eigenvalue weighted by atomic mass is 10.1. The van der Waals surface area contributed by atoms with Gasteiger partial charge in [-0.3, -0.25) is 0 Å². The Morgan fingerprint density at radius 1 is 1.28 bits per heavy atom. The van der Waals surface area contributed by atoms with Crippen molar-refractivity contribution in [3.05, 3.63) is 23.8 Å². The topological polar surface area (TPSA) is 76.7 Å². The van der Waals surface area contributed by atoms with Gasteiger partial charge in [-0.2, -0.15) is 0 Å². The van der Waals surface area contributed by atoms with Crippen LogP contribution in [0.2, 0.25) is 0 Å². The summed E-state index contributed by atoms with van der Waals surface area (Å²) in [6.07, 6.45) is 0.416. The number of benzene rings is 1. The molecule has 4 N–H and O–H groups in total. The number of ether oxygens (including phenoxy) is 2. The van der Waals surface area contributed by atoms with Gasteiger partial charge in [-0.1, -0.05) is 6.07 Å². The zero-order valence-corrected chi connectivity index (χ0v) is 10.4. The molecule has 0 saturated heterocycles. The van der Waals surface area contributed by atoms with Crippen LogP contribution >= 0.6 is 0 Å². The highest BCUT2D eigenvalue weighted by Crippen LogP contribution is 2.30. The minimum absolute atomic E-state index is 0.289. The second-order valence-corrected chi connectivity index (χ2v) is 4.32. The maximum absolute atomic E-state index is 9.29. The molecule has 0 spiro atoms. The Labute approximate surface area is 107 Å². The van der Waals surface area contributed by atoms with Crippen LogP contribution in [0.4, 0.5) is 0 Å². The lowest BCUT2D eigenvalue weighted by molar-refractivity contribution is 0.171. The largest absolute Gasteiger partial charge is 0.486 e. The van der Waals surface area contributed by atoms with E-state index in [1.54, 1.807) is 0 Å². The summed E-state index contributed by atoms with van der Waals surface area (Å²) in [6.45, 7) is 2.84. The zero-order chi connectivity index (χ0) is 12.8. The summed E-state index contributed by atoms with van der Waals surface area (Å²) in [5.74, 6) is 1.64. The Morgan fingerprint density at radius 2 is 2.06 bits per heavy atom. The van der Waals surface area contributed by atoms with Gasteiger partial charge in [0.15, 0.2) is 11.5 Å². The molecule has 1 heterocycles. The summed E-state index contributed by atoms with van der Waals surface area (Å²) in [7, 11) is 0. The van der Waals surface area contributed by atoms with Crippen LogP contribution in [0.25, 0.3) is 0 Å². The molecule has 0 aromatic heterocycles. The highest BCUT2D eigenvalue weighted by atomic mass is 16.6. The molecule has 5 heteroatoms. The quantitative estimate of drug-likeness (QED) is 0.617. The second-order valence-electron chi connectivity index (χ2n) is 4.32. The molecule has 1 atom stereocenters. The van der Waals surface area contributed by atoms with Gasteiger partial charge in [0, 0.05) is 13.1 Å². The molecule has 18 heavy (non-hydrogen) atoms. The predicted molar refractivity (Wildman–Crippen MR) is 69.1 cm³/mol. The average Bonchev–Trinajstić information content (AvgIpc) is 2.43. The maximum atomic E-state index is 9.29. The first-order valence-corrected chi connectivity index (χ1v) is 6.27. The van der Waals surface area contributed by atoms with Crippen molar-refractivity contribution in [1.82, 2.24) is 5.32 Å². The van der Waals surface area contributed by atoms with E-state index >= 15 is 0 Å². The normalized spacial score (nSPS) is 15.4. The molecule has 1 unspecified atom stereocenters. The Bertz CT molecular complexity index is 384. The molecular weight excluding hydrogens is 232 g/mol. The van der Waals surface area contributed by atoms with Crippen molar-refractivity contribution in [2.45, 2.75) is 12.5 Å². The van der Waals surface area contributed by atoms with Crippen molar-refractivity contribution in [1.29, 1.82) is 0 Å². The summed E-state index contributed by atoms with van der Waals surface area (Å²) in [6, 6.07) is 5.99. The van der Waals surface area contributed by atoms with Gasteiger partial charge in [0.05, 0.1) is 6.10 Å². The summed E-state index contributed by atoms with van der Waals surface area (Å²) in [4.78, 5) is 0. The zero-order valence-electron chi connectivity index (χ0n) is 10.4. The van der Waals surface area contributed by atoms with E-state index in [4.69, 9.17) is 15.2 Å². The molecular formula is C13H20N2O3. The molecule has 1 aromatic carbocycles. The number of hydrogen-bond acceptors (Lipinski definition) is 5. The Hall–Kier alpha value is -1.30. The SMILES string of the molecule is NCC(O)CNCCc1ccc2c(c1)OCCO2. The van der Waals surface area contributed by atoms with E-state index in [2.05, 4.69) is 5.32 Å². The summed E-state index contributed by atoms with van der Waals surface area (Å²) in [5.41, 5.74) is 6.51. The number of aliphatic hydroxyl groups excluding tert-OH is 1. The Morgan fingerprint density at radius 3 is 2.83 bits per heavy atom. The first-order valence-electron chi connectivity index (χ1n) is 6.27. The van der Waals surface area contributed by atoms with E-state index in [9.17, 15) is 5.11 Å². The third-order valence-electron chi connectivity index (χ3n) is 2.85. The standard InChI is InChI=1S/C13H20N2O3/c14-8-11(16)9-15-4-3-10-1-2-12-13(7-10)18-6-5-17-12/h1-2,7,11,15-16H,3-6,8-9,14H2. The van der Waals surface area contributed by atoms with Crippen molar-refractivity contribution in [2.24, 2.45) is 5.73 Å². The van der Waals surface area contributed by atoms with Crippen LogP contribution in [0, 0.1) is 0 Å². The van der Waals surface area contributed by atoms with Gasteiger partial charge < -0.3 is 25.6 Å². The van der Waals surface area contributed by atoms with Crippen molar-refractivity contribution in [3.8, 4) is 11.5 Å². The predicted octanol–water partition coefficient (Wildman–Crippen LogP) is -0.0905. The smallest absolute Gasteiger partial charge is 0.161 e. The van der Waals surface area contributed by atoms with E-state index in [1.807, 2.05) is 18.2 Å². The highest BCUT2D eigenvalue weighted by Gasteiger charge is 2.11. The number of nitrogens with two attached hydrogens (primary N) is 1. The Kier molecular flexibility index (Phi) is 4.81. The molecule has 0 fully saturated rings. The molecule has 0 bridgehead atoms. The molecule has 1 aliphatic rings. The fourth-order valence-electron chi connectivity index (χ4n) is 1.83.